The average Bonchev–Trinajstić information content (AvgIpc) is 2.60. The van der Waals surface area contributed by atoms with Gasteiger partial charge < -0.3 is 15.8 Å². The fourth-order valence-corrected chi connectivity index (χ4v) is 3.87. The molecule has 1 heterocycles. The maximum absolute atomic E-state index is 12.1. The van der Waals surface area contributed by atoms with Gasteiger partial charge in [-0.05, 0) is 36.8 Å². The molecule has 0 bridgehead atoms. The number of anilines is 2. The van der Waals surface area contributed by atoms with E-state index in [0.717, 1.165) is 6.26 Å². The van der Waals surface area contributed by atoms with Crippen LogP contribution in [-0.2, 0) is 9.84 Å². The largest absolute Gasteiger partial charge is 0.497 e. The summed E-state index contributed by atoms with van der Waals surface area (Å²) in [6, 6.07) is 10.3. The van der Waals surface area contributed by atoms with Crippen LogP contribution in [0.4, 0.5) is 11.4 Å². The Labute approximate surface area is 157 Å². The molecule has 0 saturated heterocycles. The van der Waals surface area contributed by atoms with Crippen LogP contribution in [0.5, 0.6) is 5.75 Å². The number of aromatic nitrogens is 1. The van der Waals surface area contributed by atoms with Gasteiger partial charge in [0.25, 0.3) is 5.91 Å². The van der Waals surface area contributed by atoms with E-state index in [1.54, 1.807) is 44.4 Å². The van der Waals surface area contributed by atoms with Gasteiger partial charge >= 0.3 is 0 Å². The molecule has 0 aliphatic carbocycles. The van der Waals surface area contributed by atoms with Crippen molar-refractivity contribution in [2.24, 2.45) is 5.73 Å². The van der Waals surface area contributed by atoms with Gasteiger partial charge in [-0.3, -0.25) is 9.78 Å². The second-order valence-corrected chi connectivity index (χ2v) is 8.16. The number of sulfone groups is 1. The average molecular weight is 385 g/mol. The SMILES string of the molecule is COc1cccc(Nc2c(C(N)=O)cnc3cc(C)c(S(C)(=O)=O)cc23)c1. The van der Waals surface area contributed by atoms with Crippen LogP contribution < -0.4 is 15.8 Å². The number of amides is 1. The summed E-state index contributed by atoms with van der Waals surface area (Å²) in [5.74, 6) is -0.0390. The fraction of sp³-hybridized carbons (Fsp3) is 0.158. The molecule has 1 aromatic heterocycles. The Morgan fingerprint density at radius 2 is 1.96 bits per heavy atom. The summed E-state index contributed by atoms with van der Waals surface area (Å²) >= 11 is 0. The van der Waals surface area contributed by atoms with Crippen molar-refractivity contribution in [1.29, 1.82) is 0 Å². The minimum atomic E-state index is -3.45. The third kappa shape index (κ3) is 3.70. The summed E-state index contributed by atoms with van der Waals surface area (Å²) in [6.07, 6.45) is 2.52. The highest BCUT2D eigenvalue weighted by Crippen LogP contribution is 2.33. The van der Waals surface area contributed by atoms with E-state index in [1.165, 1.54) is 12.3 Å². The lowest BCUT2D eigenvalue weighted by molar-refractivity contribution is 0.100. The maximum atomic E-state index is 12.1. The first kappa shape index (κ1) is 18.7. The summed E-state index contributed by atoms with van der Waals surface area (Å²) in [5, 5.41) is 3.64. The Morgan fingerprint density at radius 1 is 1.22 bits per heavy atom. The zero-order valence-corrected chi connectivity index (χ0v) is 15.9. The number of ether oxygens (including phenoxy) is 1. The molecular weight excluding hydrogens is 366 g/mol. The van der Waals surface area contributed by atoms with Gasteiger partial charge in [0, 0.05) is 29.6 Å². The molecule has 8 heteroatoms. The van der Waals surface area contributed by atoms with E-state index < -0.39 is 15.7 Å². The predicted molar refractivity (Wildman–Crippen MR) is 104 cm³/mol. The van der Waals surface area contributed by atoms with Crippen LogP contribution in [-0.4, -0.2) is 32.7 Å². The van der Waals surface area contributed by atoms with Crippen molar-refractivity contribution in [2.45, 2.75) is 11.8 Å². The second kappa shape index (κ2) is 6.88. The van der Waals surface area contributed by atoms with E-state index in [4.69, 9.17) is 10.5 Å². The van der Waals surface area contributed by atoms with Gasteiger partial charge in [-0.2, -0.15) is 0 Å². The number of methoxy groups -OCH3 is 1. The van der Waals surface area contributed by atoms with E-state index in [-0.39, 0.29) is 10.5 Å². The van der Waals surface area contributed by atoms with Crippen molar-refractivity contribution in [3.05, 3.63) is 53.7 Å². The van der Waals surface area contributed by atoms with Gasteiger partial charge in [0.1, 0.15) is 5.75 Å². The number of hydrogen-bond acceptors (Lipinski definition) is 6. The Kier molecular flexibility index (Phi) is 4.75. The maximum Gasteiger partial charge on any atom is 0.252 e. The van der Waals surface area contributed by atoms with Crippen LogP contribution >= 0.6 is 0 Å². The predicted octanol–water partition coefficient (Wildman–Crippen LogP) is 2.80. The van der Waals surface area contributed by atoms with Crippen molar-refractivity contribution in [1.82, 2.24) is 4.98 Å². The standard InChI is InChI=1S/C19H19N3O4S/c1-11-7-16-14(9-17(11)27(3,24)25)18(15(10-21-16)19(20)23)22-12-5-4-6-13(8-12)26-2/h4-10H,1-3H3,(H2,20,23)(H,21,22). The summed E-state index contributed by atoms with van der Waals surface area (Å²) < 4.78 is 29.5. The molecule has 2 aromatic carbocycles. The number of nitrogens with two attached hydrogens (primary N) is 1. The van der Waals surface area contributed by atoms with Crippen LogP contribution in [0, 0.1) is 6.92 Å². The molecule has 1 amide bonds. The lowest BCUT2D eigenvalue weighted by Crippen LogP contribution is -2.14. The van der Waals surface area contributed by atoms with Gasteiger partial charge in [-0.25, -0.2) is 8.42 Å². The van der Waals surface area contributed by atoms with Crippen molar-refractivity contribution in [3.8, 4) is 5.75 Å². The molecular formula is C19H19N3O4S. The highest BCUT2D eigenvalue weighted by atomic mass is 32.2. The number of nitrogens with zero attached hydrogens (tertiary/aromatic N) is 1. The summed E-state index contributed by atoms with van der Waals surface area (Å²) in [6.45, 7) is 1.70. The number of carbonyl (C=O) groups excluding carboxylic acids is 1. The number of rotatable bonds is 5. The first-order valence-electron chi connectivity index (χ1n) is 8.05. The molecule has 7 nitrogen and oxygen atoms in total. The van der Waals surface area contributed by atoms with E-state index in [9.17, 15) is 13.2 Å². The van der Waals surface area contributed by atoms with Gasteiger partial charge in [-0.15, -0.1) is 0 Å². The van der Waals surface area contributed by atoms with Gasteiger partial charge in [0.05, 0.1) is 28.8 Å². The summed E-state index contributed by atoms with van der Waals surface area (Å²) in [4.78, 5) is 16.4. The third-order valence-electron chi connectivity index (χ3n) is 4.17. The highest BCUT2D eigenvalue weighted by Gasteiger charge is 2.18. The number of aryl methyl sites for hydroxylation is 1. The van der Waals surface area contributed by atoms with Crippen LogP contribution in [0.3, 0.4) is 0 Å². The zero-order chi connectivity index (χ0) is 19.8. The molecule has 0 atom stereocenters. The summed E-state index contributed by atoms with van der Waals surface area (Å²) in [7, 11) is -1.90. The quantitative estimate of drug-likeness (QED) is 0.698. The van der Waals surface area contributed by atoms with Crippen molar-refractivity contribution in [3.63, 3.8) is 0 Å². The number of benzene rings is 2. The molecule has 27 heavy (non-hydrogen) atoms. The second-order valence-electron chi connectivity index (χ2n) is 6.18. The molecule has 0 saturated carbocycles. The molecule has 0 unspecified atom stereocenters. The Hall–Kier alpha value is -3.13. The number of pyridine rings is 1. The van der Waals surface area contributed by atoms with Crippen LogP contribution in [0.2, 0.25) is 0 Å². The molecule has 0 aliphatic heterocycles. The lowest BCUT2D eigenvalue weighted by Gasteiger charge is -2.15. The molecule has 3 rings (SSSR count). The molecule has 0 radical (unpaired) electrons. The minimum absolute atomic E-state index is 0.161. The highest BCUT2D eigenvalue weighted by molar-refractivity contribution is 7.90. The van der Waals surface area contributed by atoms with Crippen LogP contribution in [0.25, 0.3) is 10.9 Å². The minimum Gasteiger partial charge on any atom is -0.497 e. The topological polar surface area (TPSA) is 111 Å². The third-order valence-corrected chi connectivity index (χ3v) is 5.41. The van der Waals surface area contributed by atoms with Crippen LogP contribution in [0.15, 0.2) is 47.5 Å². The lowest BCUT2D eigenvalue weighted by atomic mass is 10.1. The number of fused-ring (bicyclic) bond motifs is 1. The first-order valence-corrected chi connectivity index (χ1v) is 9.94. The molecule has 3 N–H and O–H groups in total. The van der Waals surface area contributed by atoms with E-state index in [2.05, 4.69) is 10.3 Å². The summed E-state index contributed by atoms with van der Waals surface area (Å²) in [5.41, 5.74) is 7.85. The first-order chi connectivity index (χ1) is 12.7. The normalized spacial score (nSPS) is 11.4. The number of carbonyl (C=O) groups is 1. The fourth-order valence-electron chi connectivity index (χ4n) is 2.89. The van der Waals surface area contributed by atoms with Crippen LogP contribution in [0.1, 0.15) is 15.9 Å². The number of nitrogens with one attached hydrogen (secondary N) is 1. The molecule has 140 valence electrons. The zero-order valence-electron chi connectivity index (χ0n) is 15.1. The van der Waals surface area contributed by atoms with Gasteiger partial charge in [0.2, 0.25) is 0 Å². The number of primary amides is 1. The number of hydrogen-bond donors (Lipinski definition) is 2. The Bertz CT molecular complexity index is 1160. The smallest absolute Gasteiger partial charge is 0.252 e. The van der Waals surface area contributed by atoms with E-state index in [0.29, 0.717) is 33.6 Å². The molecule has 0 spiro atoms. The van der Waals surface area contributed by atoms with Gasteiger partial charge in [-0.1, -0.05) is 6.07 Å². The van der Waals surface area contributed by atoms with E-state index in [1.807, 2.05) is 0 Å². The van der Waals surface area contributed by atoms with Crippen molar-refractivity contribution in [2.75, 3.05) is 18.7 Å². The molecule has 0 fully saturated rings. The van der Waals surface area contributed by atoms with Crippen molar-refractivity contribution >= 4 is 38.0 Å². The molecule has 0 aliphatic rings. The Balaban J connectivity index is 2.29. The van der Waals surface area contributed by atoms with Crippen molar-refractivity contribution < 1.29 is 17.9 Å². The Morgan fingerprint density at radius 3 is 2.59 bits per heavy atom. The van der Waals surface area contributed by atoms with Gasteiger partial charge in [0.15, 0.2) is 9.84 Å². The molecule has 3 aromatic rings. The monoisotopic (exact) mass is 385 g/mol. The van der Waals surface area contributed by atoms with E-state index >= 15 is 0 Å².